The van der Waals surface area contributed by atoms with Crippen molar-refractivity contribution in [2.45, 2.75) is 0 Å². The summed E-state index contributed by atoms with van der Waals surface area (Å²) in [4.78, 5) is 0. The van der Waals surface area contributed by atoms with Gasteiger partial charge < -0.3 is 19.3 Å². The molecule has 0 aromatic rings. The second kappa shape index (κ2) is 9.39. The monoisotopic (exact) mass is 286 g/mol. The van der Waals surface area contributed by atoms with Crippen molar-refractivity contribution in [3.63, 3.8) is 0 Å². The Bertz CT molecular complexity index is 350. The van der Waals surface area contributed by atoms with Crippen LogP contribution in [0.4, 0.5) is 0 Å². The minimum absolute atomic E-state index is 0. The molecular formula is C4H6CaO8S2. The first kappa shape index (κ1) is 20.6. The molecular weight excluding hydrogens is 280 g/mol. The fraction of sp³-hybridized carbons (Fsp3) is 0. The Hall–Kier alpha value is 0.160. The Balaban J connectivity index is -0.000000180. The molecule has 15 heavy (non-hydrogen) atoms. The molecule has 0 saturated carbocycles. The van der Waals surface area contributed by atoms with E-state index in [1.165, 1.54) is 0 Å². The summed E-state index contributed by atoms with van der Waals surface area (Å²) in [5.74, 6) is 0. The molecule has 0 unspecified atom stereocenters. The third-order valence-corrected chi connectivity index (χ3v) is 1.37. The van der Waals surface area contributed by atoms with Gasteiger partial charge in [0.1, 0.15) is 20.2 Å². The summed E-state index contributed by atoms with van der Waals surface area (Å²) < 4.78 is 56.6. The van der Waals surface area contributed by atoms with Crippen molar-refractivity contribution in [3.05, 3.63) is 23.3 Å². The van der Waals surface area contributed by atoms with E-state index in [2.05, 4.69) is 0 Å². The molecule has 84 valence electrons. The van der Waals surface area contributed by atoms with Crippen molar-refractivity contribution in [2.24, 2.45) is 0 Å². The number of aliphatic hydroxyl groups excluding tert-OH is 2. The summed E-state index contributed by atoms with van der Waals surface area (Å²) in [6.07, 6.45) is 0.366. The molecule has 2 N–H and O–H groups in total. The fourth-order valence-electron chi connectivity index (χ4n) is 0.149. The molecule has 0 amide bonds. The summed E-state index contributed by atoms with van der Waals surface area (Å²) in [5.41, 5.74) is 0. The Labute approximate surface area is 116 Å². The zero-order chi connectivity index (χ0) is 11.8. The smallest absolute Gasteiger partial charge is 0.744 e. The molecule has 8 nitrogen and oxygen atoms in total. The van der Waals surface area contributed by atoms with Gasteiger partial charge in [0, 0.05) is 0 Å². The molecule has 0 aliphatic heterocycles. The van der Waals surface area contributed by atoms with Crippen LogP contribution in [-0.4, -0.2) is 73.9 Å². The van der Waals surface area contributed by atoms with Crippen molar-refractivity contribution >= 4 is 58.0 Å². The summed E-state index contributed by atoms with van der Waals surface area (Å²) in [5, 5.41) is 15.6. The van der Waals surface area contributed by atoms with Crippen molar-refractivity contribution in [1.82, 2.24) is 0 Å². The third kappa shape index (κ3) is 31.4. The first-order chi connectivity index (χ1) is 6.12. The average molecular weight is 286 g/mol. The van der Waals surface area contributed by atoms with E-state index in [0.717, 1.165) is 0 Å². The summed E-state index contributed by atoms with van der Waals surface area (Å²) in [7, 11) is -8.71. The largest absolute Gasteiger partial charge is 2.00 e. The third-order valence-electron chi connectivity index (χ3n) is 0.455. The van der Waals surface area contributed by atoms with Crippen LogP contribution < -0.4 is 0 Å². The molecule has 0 heterocycles. The predicted molar refractivity (Wildman–Crippen MR) is 48.7 cm³/mol. The van der Waals surface area contributed by atoms with Crippen LogP contribution in [0.5, 0.6) is 0 Å². The average Bonchev–Trinajstić information content (AvgIpc) is 1.81. The van der Waals surface area contributed by atoms with Gasteiger partial charge in [-0.1, -0.05) is 0 Å². The van der Waals surface area contributed by atoms with Gasteiger partial charge in [-0.15, -0.1) is 0 Å². The standard InChI is InChI=1S/2C2H4O4S.Ca/c2*3-1-2-7(4,5)6;/h2*1-3H,(H,4,5,6);/q;;+2/p-2. The van der Waals surface area contributed by atoms with Crippen LogP contribution in [0.25, 0.3) is 0 Å². The van der Waals surface area contributed by atoms with Gasteiger partial charge in [0.25, 0.3) is 0 Å². The molecule has 11 heteroatoms. The van der Waals surface area contributed by atoms with Crippen molar-refractivity contribution < 1.29 is 36.2 Å². The van der Waals surface area contributed by atoms with E-state index in [9.17, 15) is 25.9 Å². The molecule has 0 bridgehead atoms. The van der Waals surface area contributed by atoms with Gasteiger partial charge in [0.05, 0.1) is 23.3 Å². The zero-order valence-electron chi connectivity index (χ0n) is 7.18. The number of hydrogen-bond donors (Lipinski definition) is 2. The molecule has 0 spiro atoms. The van der Waals surface area contributed by atoms with Gasteiger partial charge in [-0.2, -0.15) is 0 Å². The molecule has 0 radical (unpaired) electrons. The van der Waals surface area contributed by atoms with Crippen LogP contribution in [0.15, 0.2) is 23.3 Å². The van der Waals surface area contributed by atoms with E-state index in [1.54, 1.807) is 0 Å². The topological polar surface area (TPSA) is 155 Å². The van der Waals surface area contributed by atoms with Crippen LogP contribution >= 0.6 is 0 Å². The summed E-state index contributed by atoms with van der Waals surface area (Å²) >= 11 is 0. The fourth-order valence-corrected chi connectivity index (χ4v) is 0.447. The molecule has 0 rings (SSSR count). The van der Waals surface area contributed by atoms with Gasteiger partial charge in [-0.05, 0) is 0 Å². The van der Waals surface area contributed by atoms with Crippen molar-refractivity contribution in [2.75, 3.05) is 0 Å². The van der Waals surface area contributed by atoms with E-state index in [1.807, 2.05) is 0 Å². The van der Waals surface area contributed by atoms with E-state index in [4.69, 9.17) is 10.2 Å². The molecule has 0 aliphatic carbocycles. The Morgan fingerprint density at radius 3 is 1.00 bits per heavy atom. The first-order valence-electron chi connectivity index (χ1n) is 2.65. The van der Waals surface area contributed by atoms with E-state index in [0.29, 0.717) is 0 Å². The Morgan fingerprint density at radius 1 is 0.800 bits per heavy atom. The number of aliphatic hydroxyl groups is 2. The van der Waals surface area contributed by atoms with Gasteiger partial charge in [0.15, 0.2) is 0 Å². The second-order valence-corrected chi connectivity index (χ2v) is 4.07. The van der Waals surface area contributed by atoms with E-state index in [-0.39, 0.29) is 61.1 Å². The summed E-state index contributed by atoms with van der Waals surface area (Å²) in [6.45, 7) is 0. The molecule has 0 atom stereocenters. The van der Waals surface area contributed by atoms with Crippen LogP contribution in [0.3, 0.4) is 0 Å². The molecule has 0 aromatic carbocycles. The van der Waals surface area contributed by atoms with Crippen LogP contribution in [0, 0.1) is 0 Å². The van der Waals surface area contributed by atoms with Gasteiger partial charge in [-0.3, -0.25) is 0 Å². The maximum absolute atomic E-state index is 9.43. The maximum Gasteiger partial charge on any atom is 2.00 e. The van der Waals surface area contributed by atoms with Crippen LogP contribution in [0.2, 0.25) is 0 Å². The van der Waals surface area contributed by atoms with Gasteiger partial charge >= 0.3 is 37.7 Å². The molecule has 0 fully saturated rings. The first-order valence-corrected chi connectivity index (χ1v) is 5.60. The van der Waals surface area contributed by atoms with Crippen molar-refractivity contribution in [3.8, 4) is 0 Å². The Morgan fingerprint density at radius 2 is 1.00 bits per heavy atom. The van der Waals surface area contributed by atoms with E-state index >= 15 is 0 Å². The molecule has 0 saturated heterocycles. The Kier molecular flexibility index (Phi) is 12.9. The number of rotatable bonds is 2. The molecule has 0 aromatic heterocycles. The SMILES string of the molecule is O=S(=O)([O-])C=CO.O=S(=O)([O-])C=CO.[Ca+2]. The minimum Gasteiger partial charge on any atom is -0.744 e. The minimum atomic E-state index is -4.35. The predicted octanol–water partition coefficient (Wildman–Crippen LogP) is -1.26. The van der Waals surface area contributed by atoms with Crippen LogP contribution in [0.1, 0.15) is 0 Å². The normalized spacial score (nSPS) is 11.9. The van der Waals surface area contributed by atoms with Gasteiger partial charge in [-0.25, -0.2) is 16.8 Å². The summed E-state index contributed by atoms with van der Waals surface area (Å²) in [6, 6.07) is 0. The quantitative estimate of drug-likeness (QED) is 0.362. The second-order valence-electron chi connectivity index (χ2n) is 1.56. The zero-order valence-corrected chi connectivity index (χ0v) is 11.0. The maximum atomic E-state index is 9.43. The van der Waals surface area contributed by atoms with Crippen LogP contribution in [-0.2, 0) is 20.2 Å². The van der Waals surface area contributed by atoms with Crippen molar-refractivity contribution in [1.29, 1.82) is 0 Å². The van der Waals surface area contributed by atoms with E-state index < -0.39 is 20.2 Å². The molecule has 0 aliphatic rings. The van der Waals surface area contributed by atoms with Gasteiger partial charge in [0.2, 0.25) is 0 Å². The number of hydrogen-bond acceptors (Lipinski definition) is 8.